The number of likely N-dealkylation sites (N-methyl/N-ethyl adjacent to an activating group) is 1. The second kappa shape index (κ2) is 5.92. The lowest BCUT2D eigenvalue weighted by atomic mass is 9.90. The third-order valence-electron chi connectivity index (χ3n) is 3.02. The van der Waals surface area contributed by atoms with E-state index in [1.54, 1.807) is 0 Å². The van der Waals surface area contributed by atoms with Crippen LogP contribution in [-0.2, 0) is 0 Å². The number of likely N-dealkylation sites (tertiary alicyclic amines) is 1. The van der Waals surface area contributed by atoms with Crippen molar-refractivity contribution < 1.29 is 0 Å². The van der Waals surface area contributed by atoms with Crippen LogP contribution in [-0.4, -0.2) is 25.0 Å². The minimum absolute atomic E-state index is 0.742. The number of hydrogen-bond acceptors (Lipinski definition) is 1. The Morgan fingerprint density at radius 1 is 1.07 bits per heavy atom. The molecule has 0 N–H and O–H groups in total. The Kier molecular flexibility index (Phi) is 4.83. The molecule has 84 valence electrons. The van der Waals surface area contributed by atoms with E-state index in [0.717, 1.165) is 11.8 Å². The summed E-state index contributed by atoms with van der Waals surface area (Å²) in [6.07, 6.45) is 0. The van der Waals surface area contributed by atoms with Gasteiger partial charge in [-0.15, -0.1) is 0 Å². The summed E-state index contributed by atoms with van der Waals surface area (Å²) in [5.74, 6) is 1.54. The number of rotatable bonds is 1. The van der Waals surface area contributed by atoms with E-state index in [-0.39, 0.29) is 0 Å². The van der Waals surface area contributed by atoms with Crippen molar-refractivity contribution in [3.8, 4) is 0 Å². The maximum absolute atomic E-state index is 2.42. The zero-order valence-electron chi connectivity index (χ0n) is 10.4. The van der Waals surface area contributed by atoms with Gasteiger partial charge in [0.05, 0.1) is 0 Å². The second-order valence-electron chi connectivity index (χ2n) is 4.22. The molecule has 0 bridgehead atoms. The average Bonchev–Trinajstić information content (AvgIpc) is 2.62. The van der Waals surface area contributed by atoms with Crippen molar-refractivity contribution in [2.45, 2.75) is 26.7 Å². The fourth-order valence-electron chi connectivity index (χ4n) is 2.34. The van der Waals surface area contributed by atoms with E-state index in [0.29, 0.717) is 0 Å². The summed E-state index contributed by atoms with van der Waals surface area (Å²) in [5.41, 5.74) is 1.50. The molecule has 1 heteroatoms. The van der Waals surface area contributed by atoms with Crippen molar-refractivity contribution >= 4 is 0 Å². The smallest absolute Gasteiger partial charge is 0.00504 e. The molecule has 0 radical (unpaired) electrons. The molecule has 1 saturated heterocycles. The van der Waals surface area contributed by atoms with Crippen LogP contribution in [0.2, 0.25) is 0 Å². The van der Waals surface area contributed by atoms with Crippen LogP contribution < -0.4 is 0 Å². The Morgan fingerprint density at radius 3 is 2.13 bits per heavy atom. The lowest BCUT2D eigenvalue weighted by Gasteiger charge is -2.13. The number of benzene rings is 1. The highest BCUT2D eigenvalue weighted by Crippen LogP contribution is 2.30. The van der Waals surface area contributed by atoms with Crippen LogP contribution in [0.4, 0.5) is 0 Å². The van der Waals surface area contributed by atoms with Crippen LogP contribution in [0.3, 0.4) is 0 Å². The maximum Gasteiger partial charge on any atom is 0.00504 e. The second-order valence-corrected chi connectivity index (χ2v) is 4.22. The van der Waals surface area contributed by atoms with Crippen molar-refractivity contribution in [3.63, 3.8) is 0 Å². The molecule has 0 amide bonds. The van der Waals surface area contributed by atoms with Gasteiger partial charge in [0.15, 0.2) is 0 Å². The highest BCUT2D eigenvalue weighted by atomic mass is 15.1. The van der Waals surface area contributed by atoms with Gasteiger partial charge in [0.1, 0.15) is 0 Å². The molecule has 1 aromatic rings. The molecule has 1 aliphatic rings. The summed E-state index contributed by atoms with van der Waals surface area (Å²) in [6, 6.07) is 10.9. The minimum atomic E-state index is 0.742. The molecule has 2 unspecified atom stereocenters. The van der Waals surface area contributed by atoms with Crippen LogP contribution in [0.1, 0.15) is 32.3 Å². The van der Waals surface area contributed by atoms with E-state index in [2.05, 4.69) is 49.2 Å². The Balaban J connectivity index is 0.000000531. The van der Waals surface area contributed by atoms with Crippen LogP contribution in [0.5, 0.6) is 0 Å². The van der Waals surface area contributed by atoms with Crippen molar-refractivity contribution in [2.24, 2.45) is 5.92 Å². The first-order valence-corrected chi connectivity index (χ1v) is 6.01. The molecule has 1 aromatic carbocycles. The molecule has 15 heavy (non-hydrogen) atoms. The third kappa shape index (κ3) is 3.07. The standard InChI is InChI=1S/C12H17N.C2H6/c1-10-8-13(2)9-12(10)11-6-4-3-5-7-11;1-2/h3-7,10,12H,8-9H2,1-2H3;1-2H3. The van der Waals surface area contributed by atoms with E-state index in [1.165, 1.54) is 18.7 Å². The molecule has 0 saturated carbocycles. The van der Waals surface area contributed by atoms with Gasteiger partial charge in [-0.1, -0.05) is 51.1 Å². The fourth-order valence-corrected chi connectivity index (χ4v) is 2.34. The van der Waals surface area contributed by atoms with Crippen LogP contribution in [0.25, 0.3) is 0 Å². The minimum Gasteiger partial charge on any atom is -0.305 e. The van der Waals surface area contributed by atoms with Crippen molar-refractivity contribution in [1.82, 2.24) is 4.90 Å². The van der Waals surface area contributed by atoms with E-state index < -0.39 is 0 Å². The Hall–Kier alpha value is -0.820. The summed E-state index contributed by atoms with van der Waals surface area (Å²) in [7, 11) is 2.21. The Labute approximate surface area is 94.1 Å². The van der Waals surface area contributed by atoms with Gasteiger partial charge in [0.25, 0.3) is 0 Å². The van der Waals surface area contributed by atoms with Crippen LogP contribution in [0.15, 0.2) is 30.3 Å². The van der Waals surface area contributed by atoms with Gasteiger partial charge in [-0.05, 0) is 18.5 Å². The molecular weight excluding hydrogens is 182 g/mol. The first-order chi connectivity index (χ1) is 7.27. The molecule has 2 atom stereocenters. The molecule has 1 aliphatic heterocycles. The maximum atomic E-state index is 2.42. The van der Waals surface area contributed by atoms with Crippen LogP contribution in [0, 0.1) is 5.92 Å². The zero-order chi connectivity index (χ0) is 11.3. The van der Waals surface area contributed by atoms with Gasteiger partial charge in [-0.3, -0.25) is 0 Å². The van der Waals surface area contributed by atoms with E-state index >= 15 is 0 Å². The van der Waals surface area contributed by atoms with Gasteiger partial charge >= 0.3 is 0 Å². The summed E-state index contributed by atoms with van der Waals surface area (Å²) in [6.45, 7) is 8.80. The average molecular weight is 205 g/mol. The Morgan fingerprint density at radius 2 is 1.67 bits per heavy atom. The lowest BCUT2D eigenvalue weighted by molar-refractivity contribution is 0.401. The SMILES string of the molecule is CC.CC1CN(C)CC1c1ccccc1. The summed E-state index contributed by atoms with van der Waals surface area (Å²) >= 11 is 0. The fraction of sp³-hybridized carbons (Fsp3) is 0.571. The van der Waals surface area contributed by atoms with E-state index in [9.17, 15) is 0 Å². The van der Waals surface area contributed by atoms with Gasteiger partial charge in [-0.2, -0.15) is 0 Å². The summed E-state index contributed by atoms with van der Waals surface area (Å²) in [4.78, 5) is 2.42. The molecular formula is C14H23N. The highest BCUT2D eigenvalue weighted by molar-refractivity contribution is 5.21. The number of hydrogen-bond donors (Lipinski definition) is 0. The monoisotopic (exact) mass is 205 g/mol. The molecule has 0 aliphatic carbocycles. The molecule has 1 fully saturated rings. The zero-order valence-corrected chi connectivity index (χ0v) is 10.4. The highest BCUT2D eigenvalue weighted by Gasteiger charge is 2.27. The molecule has 0 aromatic heterocycles. The van der Waals surface area contributed by atoms with Crippen LogP contribution >= 0.6 is 0 Å². The number of nitrogens with zero attached hydrogens (tertiary/aromatic N) is 1. The van der Waals surface area contributed by atoms with Gasteiger partial charge in [-0.25, -0.2) is 0 Å². The largest absolute Gasteiger partial charge is 0.305 e. The van der Waals surface area contributed by atoms with Crippen molar-refractivity contribution in [3.05, 3.63) is 35.9 Å². The van der Waals surface area contributed by atoms with Gasteiger partial charge in [0.2, 0.25) is 0 Å². The first-order valence-electron chi connectivity index (χ1n) is 6.01. The van der Waals surface area contributed by atoms with Gasteiger partial charge in [0, 0.05) is 19.0 Å². The normalized spacial score (nSPS) is 25.9. The van der Waals surface area contributed by atoms with Crippen molar-refractivity contribution in [2.75, 3.05) is 20.1 Å². The first kappa shape index (κ1) is 12.3. The quantitative estimate of drug-likeness (QED) is 0.679. The molecule has 1 nitrogen and oxygen atoms in total. The lowest BCUT2D eigenvalue weighted by Crippen LogP contribution is -2.13. The van der Waals surface area contributed by atoms with E-state index in [4.69, 9.17) is 0 Å². The summed E-state index contributed by atoms with van der Waals surface area (Å²) < 4.78 is 0. The molecule has 2 rings (SSSR count). The molecule has 0 spiro atoms. The predicted molar refractivity (Wildman–Crippen MR) is 67.2 cm³/mol. The molecule has 1 heterocycles. The predicted octanol–water partition coefficient (Wildman–Crippen LogP) is 3.38. The topological polar surface area (TPSA) is 3.24 Å². The van der Waals surface area contributed by atoms with E-state index in [1.807, 2.05) is 13.8 Å². The Bertz CT molecular complexity index is 268. The third-order valence-corrected chi connectivity index (χ3v) is 3.02. The van der Waals surface area contributed by atoms with Crippen molar-refractivity contribution in [1.29, 1.82) is 0 Å². The van der Waals surface area contributed by atoms with Gasteiger partial charge < -0.3 is 4.90 Å². The summed E-state index contributed by atoms with van der Waals surface area (Å²) in [5, 5.41) is 0.